The summed E-state index contributed by atoms with van der Waals surface area (Å²) in [7, 11) is -2.00. The fourth-order valence-electron chi connectivity index (χ4n) is 2.97. The second kappa shape index (κ2) is 8.16. The Morgan fingerprint density at radius 3 is 2.46 bits per heavy atom. The van der Waals surface area contributed by atoms with Crippen LogP contribution in [0.3, 0.4) is 0 Å². The summed E-state index contributed by atoms with van der Waals surface area (Å²) in [6, 6.07) is 13.9. The standard InChI is InChI=1S/C21H25N3O3S/c1-15(2)24(3)28(26,27)18-10-8-16(9-11-18)21(25)22-13-12-17-14-23-20-7-5-4-6-19(17)20/h4-11,14-15,23H,12-13H2,1-3H3,(H,22,25). The monoisotopic (exact) mass is 399 g/mol. The van der Waals surface area contributed by atoms with E-state index in [4.69, 9.17) is 0 Å². The van der Waals surface area contributed by atoms with E-state index in [-0.39, 0.29) is 16.8 Å². The number of sulfonamides is 1. The van der Waals surface area contributed by atoms with Crippen molar-refractivity contribution in [2.75, 3.05) is 13.6 Å². The highest BCUT2D eigenvalue weighted by Crippen LogP contribution is 2.18. The van der Waals surface area contributed by atoms with Crippen molar-refractivity contribution >= 4 is 26.8 Å². The largest absolute Gasteiger partial charge is 0.361 e. The third kappa shape index (κ3) is 4.10. The smallest absolute Gasteiger partial charge is 0.251 e. The van der Waals surface area contributed by atoms with Gasteiger partial charge in [-0.05, 0) is 56.2 Å². The molecule has 3 aromatic rings. The minimum absolute atomic E-state index is 0.141. The molecule has 0 spiro atoms. The molecule has 28 heavy (non-hydrogen) atoms. The lowest BCUT2D eigenvalue weighted by atomic mass is 10.1. The number of H-pyrrole nitrogens is 1. The predicted molar refractivity (Wildman–Crippen MR) is 111 cm³/mol. The maximum atomic E-state index is 12.5. The van der Waals surface area contributed by atoms with Gasteiger partial charge in [-0.1, -0.05) is 18.2 Å². The number of nitrogens with one attached hydrogen (secondary N) is 2. The van der Waals surface area contributed by atoms with E-state index in [0.717, 1.165) is 16.5 Å². The summed E-state index contributed by atoms with van der Waals surface area (Å²) in [5.74, 6) is -0.221. The van der Waals surface area contributed by atoms with Crippen LogP contribution in [0.15, 0.2) is 59.6 Å². The molecule has 2 aromatic carbocycles. The Morgan fingerprint density at radius 2 is 1.79 bits per heavy atom. The molecule has 0 fully saturated rings. The summed E-state index contributed by atoms with van der Waals surface area (Å²) >= 11 is 0. The molecule has 0 atom stereocenters. The molecule has 0 aliphatic heterocycles. The molecule has 0 bridgehead atoms. The average Bonchev–Trinajstić information content (AvgIpc) is 3.10. The molecular formula is C21H25N3O3S. The Morgan fingerprint density at radius 1 is 1.11 bits per heavy atom. The molecule has 1 amide bonds. The fourth-order valence-corrected chi connectivity index (χ4v) is 4.34. The molecule has 0 radical (unpaired) electrons. The normalized spacial score (nSPS) is 12.0. The number of aromatic amines is 1. The first-order valence-electron chi connectivity index (χ1n) is 9.22. The molecule has 3 rings (SSSR count). The highest BCUT2D eigenvalue weighted by Gasteiger charge is 2.23. The van der Waals surface area contributed by atoms with E-state index in [9.17, 15) is 13.2 Å². The minimum atomic E-state index is -3.55. The van der Waals surface area contributed by atoms with Crippen LogP contribution < -0.4 is 5.32 Å². The lowest BCUT2D eigenvalue weighted by molar-refractivity contribution is 0.0954. The Kier molecular flexibility index (Phi) is 5.86. The first-order valence-corrected chi connectivity index (χ1v) is 10.7. The van der Waals surface area contributed by atoms with E-state index in [1.807, 2.05) is 38.2 Å². The van der Waals surface area contributed by atoms with Crippen LogP contribution >= 0.6 is 0 Å². The van der Waals surface area contributed by atoms with Gasteiger partial charge >= 0.3 is 0 Å². The SMILES string of the molecule is CC(C)N(C)S(=O)(=O)c1ccc(C(=O)NCCc2c[nH]c3ccccc23)cc1. The van der Waals surface area contributed by atoms with Crippen molar-refractivity contribution in [3.8, 4) is 0 Å². The maximum absolute atomic E-state index is 12.5. The van der Waals surface area contributed by atoms with Crippen LogP contribution in [0.1, 0.15) is 29.8 Å². The summed E-state index contributed by atoms with van der Waals surface area (Å²) in [5.41, 5.74) is 2.66. The van der Waals surface area contributed by atoms with Gasteiger partial charge in [-0.15, -0.1) is 0 Å². The molecule has 0 unspecified atom stereocenters. The zero-order valence-corrected chi connectivity index (χ0v) is 17.1. The second-order valence-corrected chi connectivity index (χ2v) is 9.00. The van der Waals surface area contributed by atoms with Gasteiger partial charge < -0.3 is 10.3 Å². The number of aromatic nitrogens is 1. The molecule has 0 aliphatic rings. The van der Waals surface area contributed by atoms with Crippen LogP contribution in [-0.2, 0) is 16.4 Å². The summed E-state index contributed by atoms with van der Waals surface area (Å²) in [5, 5.41) is 4.04. The molecule has 0 aliphatic carbocycles. The highest BCUT2D eigenvalue weighted by atomic mass is 32.2. The zero-order chi connectivity index (χ0) is 20.3. The first kappa shape index (κ1) is 20.1. The lowest BCUT2D eigenvalue weighted by Gasteiger charge is -2.21. The van der Waals surface area contributed by atoms with Gasteiger partial charge in [0, 0.05) is 42.3 Å². The van der Waals surface area contributed by atoms with Crippen molar-refractivity contribution in [1.29, 1.82) is 0 Å². The molecule has 1 heterocycles. The van der Waals surface area contributed by atoms with Crippen molar-refractivity contribution in [2.24, 2.45) is 0 Å². The van der Waals surface area contributed by atoms with Gasteiger partial charge in [-0.2, -0.15) is 4.31 Å². The molecule has 0 saturated heterocycles. The quantitative estimate of drug-likeness (QED) is 0.640. The number of hydrogen-bond acceptors (Lipinski definition) is 3. The van der Waals surface area contributed by atoms with Gasteiger partial charge in [-0.3, -0.25) is 4.79 Å². The Labute approximate surface area is 165 Å². The van der Waals surface area contributed by atoms with Gasteiger partial charge in [-0.25, -0.2) is 8.42 Å². The number of amides is 1. The van der Waals surface area contributed by atoms with Crippen LogP contribution in [0.5, 0.6) is 0 Å². The van der Waals surface area contributed by atoms with E-state index in [1.54, 1.807) is 19.2 Å². The molecular weight excluding hydrogens is 374 g/mol. The number of rotatable bonds is 7. The number of para-hydroxylation sites is 1. The lowest BCUT2D eigenvalue weighted by Crippen LogP contribution is -2.33. The van der Waals surface area contributed by atoms with Gasteiger partial charge in [0.05, 0.1) is 4.90 Å². The molecule has 7 heteroatoms. The van der Waals surface area contributed by atoms with E-state index < -0.39 is 10.0 Å². The fraction of sp³-hybridized carbons (Fsp3) is 0.286. The topological polar surface area (TPSA) is 82.3 Å². The summed E-state index contributed by atoms with van der Waals surface area (Å²) in [6.45, 7) is 4.12. The van der Waals surface area contributed by atoms with E-state index in [2.05, 4.69) is 16.4 Å². The third-order valence-corrected chi connectivity index (χ3v) is 6.92. The van der Waals surface area contributed by atoms with E-state index in [1.165, 1.54) is 16.4 Å². The Hall–Kier alpha value is -2.64. The molecule has 148 valence electrons. The van der Waals surface area contributed by atoms with Crippen molar-refractivity contribution in [2.45, 2.75) is 31.2 Å². The second-order valence-electron chi connectivity index (χ2n) is 7.00. The van der Waals surface area contributed by atoms with Crippen molar-refractivity contribution in [3.63, 3.8) is 0 Å². The Bertz CT molecular complexity index is 1070. The highest BCUT2D eigenvalue weighted by molar-refractivity contribution is 7.89. The van der Waals surface area contributed by atoms with Gasteiger partial charge in [0.1, 0.15) is 0 Å². The number of benzene rings is 2. The number of carbonyl (C=O) groups is 1. The van der Waals surface area contributed by atoms with Crippen LogP contribution in [0.2, 0.25) is 0 Å². The summed E-state index contributed by atoms with van der Waals surface area (Å²) in [4.78, 5) is 15.8. The Balaban J connectivity index is 1.62. The molecule has 1 aromatic heterocycles. The van der Waals surface area contributed by atoms with Crippen LogP contribution in [0.25, 0.3) is 10.9 Å². The van der Waals surface area contributed by atoms with Crippen molar-refractivity contribution in [1.82, 2.24) is 14.6 Å². The van der Waals surface area contributed by atoms with Crippen molar-refractivity contribution < 1.29 is 13.2 Å². The maximum Gasteiger partial charge on any atom is 0.251 e. The van der Waals surface area contributed by atoms with E-state index in [0.29, 0.717) is 18.5 Å². The van der Waals surface area contributed by atoms with Crippen molar-refractivity contribution in [3.05, 3.63) is 65.9 Å². The van der Waals surface area contributed by atoms with Gasteiger partial charge in [0.25, 0.3) is 5.91 Å². The third-order valence-electron chi connectivity index (χ3n) is 4.88. The molecule has 0 saturated carbocycles. The van der Waals surface area contributed by atoms with Gasteiger partial charge in [0.2, 0.25) is 10.0 Å². The number of nitrogens with zero attached hydrogens (tertiary/aromatic N) is 1. The number of hydrogen-bond donors (Lipinski definition) is 2. The zero-order valence-electron chi connectivity index (χ0n) is 16.3. The number of carbonyl (C=O) groups excluding carboxylic acids is 1. The van der Waals surface area contributed by atoms with Crippen LogP contribution in [0.4, 0.5) is 0 Å². The number of fused-ring (bicyclic) bond motifs is 1. The first-order chi connectivity index (χ1) is 13.3. The van der Waals surface area contributed by atoms with E-state index >= 15 is 0 Å². The van der Waals surface area contributed by atoms with Crippen LogP contribution in [-0.4, -0.2) is 43.2 Å². The summed E-state index contributed by atoms with van der Waals surface area (Å²) < 4.78 is 26.3. The molecule has 6 nitrogen and oxygen atoms in total. The van der Waals surface area contributed by atoms with Gasteiger partial charge in [0.15, 0.2) is 0 Å². The minimum Gasteiger partial charge on any atom is -0.361 e. The summed E-state index contributed by atoms with van der Waals surface area (Å²) in [6.07, 6.45) is 2.67. The molecule has 2 N–H and O–H groups in total. The average molecular weight is 400 g/mol. The van der Waals surface area contributed by atoms with Crippen LogP contribution in [0, 0.1) is 0 Å². The predicted octanol–water partition coefficient (Wildman–Crippen LogP) is 3.17.